The van der Waals surface area contributed by atoms with Crippen LogP contribution in [0, 0.1) is 0 Å². The van der Waals surface area contributed by atoms with E-state index < -0.39 is 0 Å². The average molecular weight is 373 g/mol. The van der Waals surface area contributed by atoms with Gasteiger partial charge in [-0.2, -0.15) is 0 Å². The Bertz CT molecular complexity index is 861. The number of thiocarbonyl (C=S) groups is 1. The van der Waals surface area contributed by atoms with Crippen molar-refractivity contribution in [3.05, 3.63) is 76.6 Å². The van der Waals surface area contributed by atoms with E-state index in [1.54, 1.807) is 35.6 Å². The van der Waals surface area contributed by atoms with Crippen LogP contribution < -0.4 is 10.6 Å². The Morgan fingerprint density at radius 3 is 2.42 bits per heavy atom. The van der Waals surface area contributed by atoms with E-state index in [2.05, 4.69) is 16.7 Å². The molecule has 0 unspecified atom stereocenters. The lowest BCUT2D eigenvalue weighted by Crippen LogP contribution is -2.34. The molecule has 3 aromatic rings. The van der Waals surface area contributed by atoms with Crippen LogP contribution in [0.4, 0.5) is 5.69 Å². The van der Waals surface area contributed by atoms with Crippen molar-refractivity contribution in [1.29, 1.82) is 0 Å². The third kappa shape index (κ3) is 4.00. The van der Waals surface area contributed by atoms with Gasteiger partial charge in [0.25, 0.3) is 5.91 Å². The molecule has 2 N–H and O–H groups in total. The van der Waals surface area contributed by atoms with Crippen LogP contribution in [0.2, 0.25) is 5.02 Å². The summed E-state index contributed by atoms with van der Waals surface area (Å²) in [6.07, 6.45) is 0. The van der Waals surface area contributed by atoms with Gasteiger partial charge in [-0.1, -0.05) is 41.9 Å². The zero-order valence-corrected chi connectivity index (χ0v) is 14.8. The number of carbonyl (C=O) groups excluding carboxylic acids is 1. The van der Waals surface area contributed by atoms with Crippen molar-refractivity contribution in [3.63, 3.8) is 0 Å². The first-order valence-corrected chi connectivity index (χ1v) is 8.81. The number of anilines is 1. The van der Waals surface area contributed by atoms with Gasteiger partial charge in [0.15, 0.2) is 5.11 Å². The molecular formula is C18H13ClN2OS2. The molecule has 1 heterocycles. The van der Waals surface area contributed by atoms with E-state index in [1.165, 1.54) is 4.88 Å². The first-order valence-electron chi connectivity index (χ1n) is 7.14. The molecule has 120 valence electrons. The molecule has 6 heteroatoms. The number of halogens is 1. The van der Waals surface area contributed by atoms with Gasteiger partial charge in [0.2, 0.25) is 0 Å². The predicted octanol–water partition coefficient (Wildman–Crippen LogP) is 5.20. The number of carbonyl (C=O) groups is 1. The van der Waals surface area contributed by atoms with Crippen molar-refractivity contribution in [3.8, 4) is 10.4 Å². The van der Waals surface area contributed by atoms with Crippen LogP contribution in [0.3, 0.4) is 0 Å². The summed E-state index contributed by atoms with van der Waals surface area (Å²) >= 11 is 12.9. The molecule has 0 bridgehead atoms. The molecule has 3 nitrogen and oxygen atoms in total. The molecule has 0 saturated heterocycles. The van der Waals surface area contributed by atoms with Crippen molar-refractivity contribution in [1.82, 2.24) is 5.32 Å². The Balaban J connectivity index is 1.63. The zero-order valence-electron chi connectivity index (χ0n) is 12.5. The normalized spacial score (nSPS) is 10.2. The summed E-state index contributed by atoms with van der Waals surface area (Å²) in [7, 11) is 0. The SMILES string of the molecule is O=C(NC(=S)Nc1ccc(-c2cccs2)cc1)c1ccccc1Cl. The third-order valence-electron chi connectivity index (χ3n) is 3.29. The van der Waals surface area contributed by atoms with E-state index >= 15 is 0 Å². The third-order valence-corrected chi connectivity index (χ3v) is 4.75. The molecule has 1 aromatic heterocycles. The van der Waals surface area contributed by atoms with Gasteiger partial charge in [-0.15, -0.1) is 11.3 Å². The quantitative estimate of drug-likeness (QED) is 0.621. The van der Waals surface area contributed by atoms with Crippen LogP contribution in [0.5, 0.6) is 0 Å². The first-order chi connectivity index (χ1) is 11.6. The average Bonchev–Trinajstić information content (AvgIpc) is 3.10. The van der Waals surface area contributed by atoms with E-state index in [9.17, 15) is 4.79 Å². The van der Waals surface area contributed by atoms with E-state index in [4.69, 9.17) is 23.8 Å². The lowest BCUT2D eigenvalue weighted by molar-refractivity contribution is 0.0978. The highest BCUT2D eigenvalue weighted by Gasteiger charge is 2.11. The van der Waals surface area contributed by atoms with Gasteiger partial charge >= 0.3 is 0 Å². The Morgan fingerprint density at radius 2 is 1.75 bits per heavy atom. The van der Waals surface area contributed by atoms with E-state index in [1.807, 2.05) is 35.7 Å². The molecule has 0 fully saturated rings. The zero-order chi connectivity index (χ0) is 16.9. The topological polar surface area (TPSA) is 41.1 Å². The van der Waals surface area contributed by atoms with Crippen molar-refractivity contribution >= 4 is 51.9 Å². The number of hydrogen-bond donors (Lipinski definition) is 2. The first kappa shape index (κ1) is 16.6. The maximum Gasteiger partial charge on any atom is 0.258 e. The van der Waals surface area contributed by atoms with E-state index in [0.717, 1.165) is 11.3 Å². The lowest BCUT2D eigenvalue weighted by atomic mass is 10.2. The molecule has 0 atom stereocenters. The van der Waals surface area contributed by atoms with Gasteiger partial charge in [-0.05, 0) is 53.5 Å². The summed E-state index contributed by atoms with van der Waals surface area (Å²) in [6.45, 7) is 0. The lowest BCUT2D eigenvalue weighted by Gasteiger charge is -2.10. The Kier molecular flexibility index (Phi) is 5.25. The molecule has 0 radical (unpaired) electrons. The van der Waals surface area contributed by atoms with Gasteiger partial charge in [0, 0.05) is 10.6 Å². The van der Waals surface area contributed by atoms with Crippen LogP contribution in [0.15, 0.2) is 66.0 Å². The number of benzene rings is 2. The Hall–Kier alpha value is -2.21. The maximum absolute atomic E-state index is 12.2. The summed E-state index contributed by atoms with van der Waals surface area (Å²) in [5.41, 5.74) is 2.33. The van der Waals surface area contributed by atoms with Crippen molar-refractivity contribution in [2.75, 3.05) is 5.32 Å². The van der Waals surface area contributed by atoms with Gasteiger partial charge in [0.05, 0.1) is 10.6 Å². The molecule has 0 aliphatic carbocycles. The van der Waals surface area contributed by atoms with Crippen LogP contribution in [-0.2, 0) is 0 Å². The fourth-order valence-corrected chi connectivity index (χ4v) is 3.30. The molecule has 3 rings (SSSR count). The highest BCUT2D eigenvalue weighted by Crippen LogP contribution is 2.25. The minimum Gasteiger partial charge on any atom is -0.332 e. The molecule has 0 saturated carbocycles. The molecule has 1 amide bonds. The highest BCUT2D eigenvalue weighted by atomic mass is 35.5. The minimum atomic E-state index is -0.340. The van der Waals surface area contributed by atoms with E-state index in [-0.39, 0.29) is 11.0 Å². The van der Waals surface area contributed by atoms with Crippen LogP contribution in [-0.4, -0.2) is 11.0 Å². The minimum absolute atomic E-state index is 0.226. The van der Waals surface area contributed by atoms with Crippen LogP contribution >= 0.6 is 35.2 Å². The predicted molar refractivity (Wildman–Crippen MR) is 105 cm³/mol. The fourth-order valence-electron chi connectivity index (χ4n) is 2.14. The second-order valence-electron chi connectivity index (χ2n) is 4.94. The fraction of sp³-hybridized carbons (Fsp3) is 0. The number of rotatable bonds is 3. The Labute approximate surface area is 154 Å². The summed E-state index contributed by atoms with van der Waals surface area (Å²) in [5, 5.41) is 8.28. The summed E-state index contributed by atoms with van der Waals surface area (Å²) < 4.78 is 0. The van der Waals surface area contributed by atoms with Gasteiger partial charge in [-0.25, -0.2) is 0 Å². The number of hydrogen-bond acceptors (Lipinski definition) is 3. The van der Waals surface area contributed by atoms with Crippen LogP contribution in [0.25, 0.3) is 10.4 Å². The van der Waals surface area contributed by atoms with Crippen molar-refractivity contribution in [2.45, 2.75) is 0 Å². The van der Waals surface area contributed by atoms with E-state index in [0.29, 0.717) is 10.6 Å². The molecule has 24 heavy (non-hydrogen) atoms. The molecule has 2 aromatic carbocycles. The number of amides is 1. The summed E-state index contributed by atoms with van der Waals surface area (Å²) in [4.78, 5) is 13.4. The molecule has 0 aliphatic rings. The largest absolute Gasteiger partial charge is 0.332 e. The second kappa shape index (κ2) is 7.57. The molecule has 0 spiro atoms. The van der Waals surface area contributed by atoms with Gasteiger partial charge in [-0.3, -0.25) is 10.1 Å². The smallest absolute Gasteiger partial charge is 0.258 e. The second-order valence-corrected chi connectivity index (χ2v) is 6.71. The highest BCUT2D eigenvalue weighted by molar-refractivity contribution is 7.80. The number of nitrogens with one attached hydrogen (secondary N) is 2. The van der Waals surface area contributed by atoms with Crippen LogP contribution in [0.1, 0.15) is 10.4 Å². The van der Waals surface area contributed by atoms with Crippen molar-refractivity contribution in [2.24, 2.45) is 0 Å². The maximum atomic E-state index is 12.2. The number of thiophene rings is 1. The summed E-state index contributed by atoms with van der Waals surface area (Å²) in [6, 6.07) is 18.8. The Morgan fingerprint density at radius 1 is 1.00 bits per heavy atom. The van der Waals surface area contributed by atoms with Crippen molar-refractivity contribution < 1.29 is 4.79 Å². The molecule has 0 aliphatic heterocycles. The van der Waals surface area contributed by atoms with Gasteiger partial charge < -0.3 is 5.32 Å². The summed E-state index contributed by atoms with van der Waals surface area (Å²) in [5.74, 6) is -0.340. The monoisotopic (exact) mass is 372 g/mol. The molecular weight excluding hydrogens is 360 g/mol. The van der Waals surface area contributed by atoms with Gasteiger partial charge in [0.1, 0.15) is 0 Å². The standard InChI is InChI=1S/C18H13ClN2OS2/c19-15-5-2-1-4-14(15)17(22)21-18(23)20-13-9-7-12(8-10-13)16-6-3-11-24-16/h1-11H,(H2,20,21,22,23).